The largest absolute Gasteiger partial charge is 0.484 e. The molecular weight excluding hydrogens is 284 g/mol. The van der Waals surface area contributed by atoms with Crippen molar-refractivity contribution in [2.45, 2.75) is 26.3 Å². The number of carbonyl (C=O) groups is 2. The van der Waals surface area contributed by atoms with Gasteiger partial charge in [0.05, 0.1) is 18.7 Å². The van der Waals surface area contributed by atoms with E-state index in [2.05, 4.69) is 16.1 Å². The summed E-state index contributed by atoms with van der Waals surface area (Å²) in [5.74, 6) is -0.543. The number of hydrogen-bond donors (Lipinski definition) is 1. The van der Waals surface area contributed by atoms with E-state index in [1.54, 1.807) is 25.1 Å². The van der Waals surface area contributed by atoms with Gasteiger partial charge in [0.2, 0.25) is 0 Å². The molecule has 1 aromatic rings. The van der Waals surface area contributed by atoms with Crippen LogP contribution in [0.4, 0.5) is 0 Å². The average Bonchev–Trinajstić information content (AvgIpc) is 2.52. The summed E-state index contributed by atoms with van der Waals surface area (Å²) in [6.45, 7) is 5.12. The normalized spacial score (nSPS) is 12.9. The number of hydrogen-bond acceptors (Lipinski definition) is 5. The lowest BCUT2D eigenvalue weighted by Gasteiger charge is -2.27. The molecule has 1 rings (SSSR count). The summed E-state index contributed by atoms with van der Waals surface area (Å²) in [7, 11) is 1.29. The molecule has 0 aromatic heterocycles. The summed E-state index contributed by atoms with van der Waals surface area (Å²) in [5.41, 5.74) is -0.613. The molecule has 0 fully saturated rings. The SMILES string of the molecule is COC(=O)c1cccc(OCC(=O)N[C@](C)(C#N)C(C)C)c1. The Kier molecular flexibility index (Phi) is 5.93. The van der Waals surface area contributed by atoms with E-state index in [0.717, 1.165) is 0 Å². The number of nitrogens with zero attached hydrogens (tertiary/aromatic N) is 1. The zero-order valence-corrected chi connectivity index (χ0v) is 13.2. The Bertz CT molecular complexity index is 592. The minimum absolute atomic E-state index is 0.0379. The van der Waals surface area contributed by atoms with Gasteiger partial charge in [0.1, 0.15) is 11.3 Å². The summed E-state index contributed by atoms with van der Waals surface area (Å²) in [5, 5.41) is 11.8. The maximum absolute atomic E-state index is 11.9. The van der Waals surface area contributed by atoms with Gasteiger partial charge in [-0.2, -0.15) is 5.26 Å². The fraction of sp³-hybridized carbons (Fsp3) is 0.438. The molecule has 1 amide bonds. The second kappa shape index (κ2) is 7.46. The van der Waals surface area contributed by atoms with Gasteiger partial charge in [0.25, 0.3) is 5.91 Å². The first-order chi connectivity index (χ1) is 10.3. The van der Waals surface area contributed by atoms with Crippen LogP contribution in [0.1, 0.15) is 31.1 Å². The third kappa shape index (κ3) is 4.48. The van der Waals surface area contributed by atoms with Crippen molar-refractivity contribution in [3.05, 3.63) is 29.8 Å². The van der Waals surface area contributed by atoms with Crippen molar-refractivity contribution in [1.82, 2.24) is 5.32 Å². The average molecular weight is 304 g/mol. The quantitative estimate of drug-likeness (QED) is 0.811. The van der Waals surface area contributed by atoms with Crippen molar-refractivity contribution < 1.29 is 19.1 Å². The molecule has 0 aliphatic carbocycles. The molecule has 22 heavy (non-hydrogen) atoms. The number of ether oxygens (including phenoxy) is 2. The van der Waals surface area contributed by atoms with Crippen molar-refractivity contribution in [2.75, 3.05) is 13.7 Å². The highest BCUT2D eigenvalue weighted by Gasteiger charge is 2.30. The topological polar surface area (TPSA) is 88.4 Å². The van der Waals surface area contributed by atoms with Gasteiger partial charge in [-0.3, -0.25) is 4.79 Å². The van der Waals surface area contributed by atoms with Crippen LogP contribution in [0, 0.1) is 17.2 Å². The summed E-state index contributed by atoms with van der Waals surface area (Å²) in [4.78, 5) is 23.3. The van der Waals surface area contributed by atoms with E-state index in [9.17, 15) is 9.59 Å². The molecule has 0 radical (unpaired) electrons. The maximum atomic E-state index is 11.9. The minimum atomic E-state index is -0.950. The van der Waals surface area contributed by atoms with Crippen LogP contribution >= 0.6 is 0 Å². The zero-order valence-electron chi connectivity index (χ0n) is 13.2. The molecule has 118 valence electrons. The molecule has 0 spiro atoms. The van der Waals surface area contributed by atoms with E-state index >= 15 is 0 Å². The third-order valence-electron chi connectivity index (χ3n) is 3.41. The predicted octanol–water partition coefficient (Wildman–Crippen LogP) is 1.91. The minimum Gasteiger partial charge on any atom is -0.484 e. The maximum Gasteiger partial charge on any atom is 0.337 e. The van der Waals surface area contributed by atoms with Crippen LogP contribution in [0.25, 0.3) is 0 Å². The molecule has 6 heteroatoms. The summed E-state index contributed by atoms with van der Waals surface area (Å²) < 4.78 is 9.96. The fourth-order valence-electron chi connectivity index (χ4n) is 1.61. The Morgan fingerprint density at radius 2 is 2.09 bits per heavy atom. The number of carbonyl (C=O) groups excluding carboxylic acids is 2. The van der Waals surface area contributed by atoms with Gasteiger partial charge in [-0.15, -0.1) is 0 Å². The third-order valence-corrected chi connectivity index (χ3v) is 3.41. The molecule has 0 aliphatic heterocycles. The predicted molar refractivity (Wildman–Crippen MR) is 80.3 cm³/mol. The summed E-state index contributed by atoms with van der Waals surface area (Å²) in [6, 6.07) is 8.43. The van der Waals surface area contributed by atoms with Crippen LogP contribution in [-0.2, 0) is 9.53 Å². The Hall–Kier alpha value is -2.55. The number of esters is 1. The van der Waals surface area contributed by atoms with E-state index in [0.29, 0.717) is 11.3 Å². The first kappa shape index (κ1) is 17.5. The molecule has 0 saturated carbocycles. The highest BCUT2D eigenvalue weighted by Crippen LogP contribution is 2.16. The molecular formula is C16H20N2O4. The first-order valence-corrected chi connectivity index (χ1v) is 6.86. The van der Waals surface area contributed by atoms with Gasteiger partial charge in [-0.25, -0.2) is 4.79 Å². The number of amides is 1. The smallest absolute Gasteiger partial charge is 0.337 e. The van der Waals surface area contributed by atoms with E-state index in [1.165, 1.54) is 13.2 Å². The lowest BCUT2D eigenvalue weighted by molar-refractivity contribution is -0.124. The zero-order chi connectivity index (χ0) is 16.8. The van der Waals surface area contributed by atoms with Crippen LogP contribution in [0.3, 0.4) is 0 Å². The first-order valence-electron chi connectivity index (χ1n) is 6.86. The van der Waals surface area contributed by atoms with Crippen molar-refractivity contribution >= 4 is 11.9 Å². The molecule has 0 bridgehead atoms. The molecule has 0 saturated heterocycles. The Morgan fingerprint density at radius 1 is 1.41 bits per heavy atom. The second-order valence-corrected chi connectivity index (χ2v) is 5.33. The van der Waals surface area contributed by atoms with Crippen molar-refractivity contribution in [2.24, 2.45) is 5.92 Å². The highest BCUT2D eigenvalue weighted by molar-refractivity contribution is 5.89. The Balaban J connectivity index is 2.65. The number of methoxy groups -OCH3 is 1. The molecule has 0 unspecified atom stereocenters. The fourth-order valence-corrected chi connectivity index (χ4v) is 1.61. The van der Waals surface area contributed by atoms with E-state index in [-0.39, 0.29) is 12.5 Å². The molecule has 1 aromatic carbocycles. The molecule has 1 N–H and O–H groups in total. The molecule has 1 atom stereocenters. The van der Waals surface area contributed by atoms with Crippen LogP contribution in [0.5, 0.6) is 5.75 Å². The van der Waals surface area contributed by atoms with Gasteiger partial charge >= 0.3 is 5.97 Å². The molecule has 0 heterocycles. The van der Waals surface area contributed by atoms with Crippen LogP contribution in [0.2, 0.25) is 0 Å². The highest BCUT2D eigenvalue weighted by atomic mass is 16.5. The van der Waals surface area contributed by atoms with Crippen LogP contribution in [0.15, 0.2) is 24.3 Å². The summed E-state index contributed by atoms with van der Waals surface area (Å²) in [6.07, 6.45) is 0. The monoisotopic (exact) mass is 304 g/mol. The molecule has 0 aliphatic rings. The van der Waals surface area contributed by atoms with Crippen molar-refractivity contribution in [3.63, 3.8) is 0 Å². The van der Waals surface area contributed by atoms with Crippen LogP contribution in [-0.4, -0.2) is 31.1 Å². The van der Waals surface area contributed by atoms with Gasteiger partial charge in [0.15, 0.2) is 6.61 Å². The number of benzene rings is 1. The van der Waals surface area contributed by atoms with Crippen molar-refractivity contribution in [3.8, 4) is 11.8 Å². The Morgan fingerprint density at radius 3 is 2.64 bits per heavy atom. The number of nitrogens with one attached hydrogen (secondary N) is 1. The lowest BCUT2D eigenvalue weighted by atomic mass is 9.90. The van der Waals surface area contributed by atoms with Gasteiger partial charge in [0, 0.05) is 0 Å². The van der Waals surface area contributed by atoms with Gasteiger partial charge < -0.3 is 14.8 Å². The van der Waals surface area contributed by atoms with E-state index in [1.807, 2.05) is 13.8 Å². The van der Waals surface area contributed by atoms with Gasteiger partial charge in [-0.1, -0.05) is 19.9 Å². The van der Waals surface area contributed by atoms with Gasteiger partial charge in [-0.05, 0) is 31.0 Å². The number of rotatable bonds is 6. The van der Waals surface area contributed by atoms with Crippen molar-refractivity contribution in [1.29, 1.82) is 5.26 Å². The Labute approximate surface area is 130 Å². The standard InChI is InChI=1S/C16H20N2O4/c1-11(2)16(3,10-17)18-14(19)9-22-13-7-5-6-12(8-13)15(20)21-4/h5-8,11H,9H2,1-4H3,(H,18,19)/t16-/m1/s1. The van der Waals surface area contributed by atoms with E-state index in [4.69, 9.17) is 10.00 Å². The van der Waals surface area contributed by atoms with E-state index < -0.39 is 17.4 Å². The number of nitriles is 1. The lowest BCUT2D eigenvalue weighted by Crippen LogP contribution is -2.50. The second-order valence-electron chi connectivity index (χ2n) is 5.33. The molecule has 6 nitrogen and oxygen atoms in total. The summed E-state index contributed by atoms with van der Waals surface area (Å²) >= 11 is 0. The van der Waals surface area contributed by atoms with Crippen LogP contribution < -0.4 is 10.1 Å².